The third-order valence-corrected chi connectivity index (χ3v) is 6.46. The van der Waals surface area contributed by atoms with Crippen LogP contribution in [0, 0.1) is 20.2 Å². The van der Waals surface area contributed by atoms with E-state index in [1.165, 1.54) is 28.6 Å². The molecule has 0 unspecified atom stereocenters. The third kappa shape index (κ3) is 4.61. The van der Waals surface area contributed by atoms with Gasteiger partial charge < -0.3 is 0 Å². The monoisotopic (exact) mass is 390 g/mol. The third-order valence-electron chi connectivity index (χ3n) is 3.88. The fourth-order valence-corrected chi connectivity index (χ4v) is 4.91. The molecule has 26 heavy (non-hydrogen) atoms. The molecule has 0 aliphatic carbocycles. The second-order valence-electron chi connectivity index (χ2n) is 5.67. The fraction of sp³-hybridized carbons (Fsp3) is 0.235. The van der Waals surface area contributed by atoms with Crippen molar-refractivity contribution >= 4 is 39.3 Å². The maximum atomic E-state index is 10.7. The number of rotatable bonds is 6. The number of nitro groups is 2. The molecule has 9 heteroatoms. The Labute approximate surface area is 158 Å². The minimum atomic E-state index is -0.398. The highest BCUT2D eigenvalue weighted by Gasteiger charge is 2.24. The van der Waals surface area contributed by atoms with Gasteiger partial charge in [-0.1, -0.05) is 12.1 Å². The van der Waals surface area contributed by atoms with Crippen LogP contribution >= 0.6 is 23.5 Å². The van der Waals surface area contributed by atoms with Gasteiger partial charge in [0.25, 0.3) is 15.8 Å². The molecule has 0 aromatic heterocycles. The van der Waals surface area contributed by atoms with Gasteiger partial charge in [-0.3, -0.25) is 20.2 Å². The minimum absolute atomic E-state index is 0.0984. The van der Waals surface area contributed by atoms with Crippen LogP contribution in [0.25, 0.3) is 0 Å². The predicted molar refractivity (Wildman–Crippen MR) is 104 cm³/mol. The Morgan fingerprint density at radius 1 is 0.923 bits per heavy atom. The molecule has 134 valence electrons. The minimum Gasteiger partial charge on any atom is -0.258 e. The molecule has 3 rings (SSSR count). The van der Waals surface area contributed by atoms with Crippen LogP contribution in [0.3, 0.4) is 0 Å². The number of benzene rings is 2. The molecular weight excluding hydrogens is 374 g/mol. The molecule has 0 bridgehead atoms. The zero-order valence-corrected chi connectivity index (χ0v) is 15.4. The summed E-state index contributed by atoms with van der Waals surface area (Å²) in [7, 11) is 0. The second-order valence-corrected chi connectivity index (χ2v) is 7.98. The Morgan fingerprint density at radius 3 is 2.00 bits per heavy atom. The van der Waals surface area contributed by atoms with Crippen LogP contribution in [0.1, 0.15) is 11.1 Å². The van der Waals surface area contributed by atoms with E-state index in [1.807, 2.05) is 0 Å². The second kappa shape index (κ2) is 8.33. The molecule has 1 aliphatic rings. The van der Waals surface area contributed by atoms with Crippen molar-refractivity contribution in [2.75, 3.05) is 12.3 Å². The molecular formula is C17H16N3O4S2+. The van der Waals surface area contributed by atoms with Crippen LogP contribution in [0.5, 0.6) is 0 Å². The van der Waals surface area contributed by atoms with Crippen molar-refractivity contribution in [3.63, 3.8) is 0 Å². The first kappa shape index (κ1) is 18.4. The summed E-state index contributed by atoms with van der Waals surface area (Å²) in [6.07, 6.45) is 0. The Bertz CT molecular complexity index is 851. The van der Waals surface area contributed by atoms with Gasteiger partial charge in [0, 0.05) is 35.6 Å². The predicted octanol–water partition coefficient (Wildman–Crippen LogP) is 4.05. The van der Waals surface area contributed by atoms with Crippen molar-refractivity contribution in [1.29, 1.82) is 0 Å². The van der Waals surface area contributed by atoms with E-state index >= 15 is 0 Å². The van der Waals surface area contributed by atoms with Crippen molar-refractivity contribution in [3.05, 3.63) is 79.9 Å². The topological polar surface area (TPSA) is 89.3 Å². The molecule has 0 amide bonds. The molecule has 0 saturated carbocycles. The van der Waals surface area contributed by atoms with Crippen molar-refractivity contribution < 1.29 is 14.4 Å². The quantitative estimate of drug-likeness (QED) is 0.420. The summed E-state index contributed by atoms with van der Waals surface area (Å²) in [6.45, 7) is 1.65. The lowest BCUT2D eigenvalue weighted by Gasteiger charge is -2.03. The highest BCUT2D eigenvalue weighted by Crippen LogP contribution is 2.27. The number of hydrogen-bond acceptors (Lipinski definition) is 6. The smallest absolute Gasteiger partial charge is 0.258 e. The van der Waals surface area contributed by atoms with E-state index in [0.29, 0.717) is 6.54 Å². The van der Waals surface area contributed by atoms with Gasteiger partial charge in [0.15, 0.2) is 13.1 Å². The zero-order chi connectivity index (χ0) is 18.5. The van der Waals surface area contributed by atoms with Crippen molar-refractivity contribution in [3.8, 4) is 0 Å². The van der Waals surface area contributed by atoms with Crippen molar-refractivity contribution in [1.82, 2.24) is 0 Å². The Kier molecular flexibility index (Phi) is 5.89. The van der Waals surface area contributed by atoms with Gasteiger partial charge in [0.2, 0.25) is 0 Å². The van der Waals surface area contributed by atoms with Crippen LogP contribution in [-0.2, 0) is 12.3 Å². The molecule has 0 spiro atoms. The standard InChI is InChI=1S/C17H16N3O4S2/c21-19(22)15-5-1-13(2-6-15)11-18-9-10-25-17(18)26-12-14-3-7-16(8-4-14)20(23)24/h1-8H,9-12H2/q+1. The van der Waals surface area contributed by atoms with E-state index in [9.17, 15) is 20.2 Å². The lowest BCUT2D eigenvalue weighted by Crippen LogP contribution is -2.13. The average Bonchev–Trinajstić information content (AvgIpc) is 3.08. The highest BCUT2D eigenvalue weighted by atomic mass is 32.2. The fourth-order valence-electron chi connectivity index (χ4n) is 2.50. The Hall–Kier alpha value is -2.39. The molecule has 0 saturated heterocycles. The Morgan fingerprint density at radius 2 is 1.46 bits per heavy atom. The summed E-state index contributed by atoms with van der Waals surface area (Å²) in [5, 5.41) is 21.4. The van der Waals surface area contributed by atoms with Gasteiger partial charge in [-0.05, 0) is 41.2 Å². The van der Waals surface area contributed by atoms with Crippen molar-refractivity contribution in [2.45, 2.75) is 12.3 Å². The largest absolute Gasteiger partial charge is 0.270 e. The number of nitro benzene ring substituents is 2. The van der Waals surface area contributed by atoms with Gasteiger partial charge in [0.1, 0.15) is 0 Å². The van der Waals surface area contributed by atoms with E-state index in [-0.39, 0.29) is 11.4 Å². The Balaban J connectivity index is 1.64. The summed E-state index contributed by atoms with van der Waals surface area (Å²) in [5.74, 6) is 1.76. The molecule has 0 N–H and O–H groups in total. The zero-order valence-electron chi connectivity index (χ0n) is 13.7. The van der Waals surface area contributed by atoms with Crippen LogP contribution in [0.2, 0.25) is 0 Å². The number of hydrogen-bond donors (Lipinski definition) is 0. The average molecular weight is 390 g/mol. The van der Waals surface area contributed by atoms with Gasteiger partial charge in [-0.15, -0.1) is 0 Å². The SMILES string of the molecule is O=[N+]([O-])c1ccc(CSC2=[N+](Cc3ccc([N+](=O)[O-])cc3)CCS2)cc1. The first-order chi connectivity index (χ1) is 12.5. The van der Waals surface area contributed by atoms with Crippen LogP contribution in [-0.4, -0.2) is 31.1 Å². The summed E-state index contributed by atoms with van der Waals surface area (Å²) in [6, 6.07) is 13.3. The first-order valence-corrected chi connectivity index (χ1v) is 9.84. The molecule has 2 aromatic rings. The van der Waals surface area contributed by atoms with E-state index < -0.39 is 9.85 Å². The molecule has 7 nitrogen and oxygen atoms in total. The van der Waals surface area contributed by atoms with Crippen LogP contribution in [0.4, 0.5) is 11.4 Å². The lowest BCUT2D eigenvalue weighted by molar-refractivity contribution is -0.531. The summed E-state index contributed by atoms with van der Waals surface area (Å²) in [4.78, 5) is 20.6. The summed E-state index contributed by atoms with van der Waals surface area (Å²) >= 11 is 3.51. The maximum Gasteiger partial charge on any atom is 0.270 e. The van der Waals surface area contributed by atoms with Crippen LogP contribution in [0.15, 0.2) is 48.5 Å². The van der Waals surface area contributed by atoms with Crippen molar-refractivity contribution in [2.24, 2.45) is 0 Å². The summed E-state index contributed by atoms with van der Waals surface area (Å²) < 4.78 is 3.48. The maximum absolute atomic E-state index is 10.7. The molecule has 1 heterocycles. The first-order valence-electron chi connectivity index (χ1n) is 7.87. The van der Waals surface area contributed by atoms with E-state index in [0.717, 1.165) is 29.2 Å². The van der Waals surface area contributed by atoms with Gasteiger partial charge >= 0.3 is 0 Å². The van der Waals surface area contributed by atoms with Gasteiger partial charge in [-0.25, -0.2) is 4.58 Å². The highest BCUT2D eigenvalue weighted by molar-refractivity contribution is 8.38. The van der Waals surface area contributed by atoms with E-state index in [4.69, 9.17) is 0 Å². The summed E-state index contributed by atoms with van der Waals surface area (Å²) in [5.41, 5.74) is 2.27. The number of thioether (sulfide) groups is 2. The normalized spacial score (nSPS) is 13.8. The van der Waals surface area contributed by atoms with Crippen LogP contribution < -0.4 is 0 Å². The molecule has 0 fully saturated rings. The molecule has 1 aliphatic heterocycles. The number of non-ortho nitro benzene ring substituents is 2. The van der Waals surface area contributed by atoms with E-state index in [2.05, 4.69) is 4.58 Å². The molecule has 0 radical (unpaired) electrons. The van der Waals surface area contributed by atoms with Gasteiger partial charge in [0.05, 0.1) is 15.6 Å². The molecule has 2 aromatic carbocycles. The number of nitrogens with zero attached hydrogens (tertiary/aromatic N) is 3. The lowest BCUT2D eigenvalue weighted by atomic mass is 10.2. The molecule has 0 atom stereocenters. The van der Waals surface area contributed by atoms with Gasteiger partial charge in [-0.2, -0.15) is 0 Å². The van der Waals surface area contributed by atoms with E-state index in [1.54, 1.807) is 47.8 Å².